The highest BCUT2D eigenvalue weighted by molar-refractivity contribution is 6.07. The van der Waals surface area contributed by atoms with Gasteiger partial charge in [-0.2, -0.15) is 0 Å². The molecule has 0 amide bonds. The van der Waals surface area contributed by atoms with E-state index >= 15 is 0 Å². The second-order valence-electron chi connectivity index (χ2n) is 9.64. The number of carbonyl (C=O) groups excluding carboxylic acids is 1. The van der Waals surface area contributed by atoms with E-state index in [-0.39, 0.29) is 19.2 Å². The van der Waals surface area contributed by atoms with Crippen molar-refractivity contribution in [1.82, 2.24) is 9.88 Å². The van der Waals surface area contributed by atoms with Crippen LogP contribution in [0.25, 0.3) is 16.6 Å². The molecule has 0 aliphatic carbocycles. The number of aliphatic hydroxyl groups excluding tert-OH is 1. The van der Waals surface area contributed by atoms with Crippen LogP contribution in [0.2, 0.25) is 0 Å². The van der Waals surface area contributed by atoms with Gasteiger partial charge in [0, 0.05) is 23.3 Å². The van der Waals surface area contributed by atoms with Crippen LogP contribution in [0.5, 0.6) is 17.2 Å². The monoisotopic (exact) mass is 546 g/mol. The van der Waals surface area contributed by atoms with Gasteiger partial charge >= 0.3 is 5.97 Å². The molecule has 8 heteroatoms. The fraction of sp³-hybridized carbons (Fsp3) is 0.344. The van der Waals surface area contributed by atoms with Gasteiger partial charge in [0.15, 0.2) is 11.5 Å². The molecule has 4 rings (SSSR count). The zero-order valence-electron chi connectivity index (χ0n) is 23.8. The lowest BCUT2D eigenvalue weighted by Crippen LogP contribution is -2.32. The first-order valence-electron chi connectivity index (χ1n) is 13.5. The summed E-state index contributed by atoms with van der Waals surface area (Å²) in [4.78, 5) is 12.9. The summed E-state index contributed by atoms with van der Waals surface area (Å²) < 4.78 is 24.0. The summed E-state index contributed by atoms with van der Waals surface area (Å²) in [5.74, 6) is 1.59. The summed E-state index contributed by atoms with van der Waals surface area (Å²) in [7, 11) is 3.23. The Morgan fingerprint density at radius 3 is 2.42 bits per heavy atom. The summed E-state index contributed by atoms with van der Waals surface area (Å²) in [5.41, 5.74) is 5.43. The number of aromatic nitrogens is 1. The van der Waals surface area contributed by atoms with E-state index in [1.54, 1.807) is 21.1 Å². The van der Waals surface area contributed by atoms with Gasteiger partial charge in [0.25, 0.3) is 0 Å². The standard InChI is InChI=1S/C32H38N2O6/c1-6-39-32(36)31-22(3)34(24-10-7-21(2)8-11-24)28-13-12-26(18-27(28)31)40-20-25(35)19-33-16-15-23-9-14-29(37-4)30(17-23)38-5/h7-14,17-18,25,33,35H,6,15-16,19-20H2,1-5H3/t25-/m1/s1. The molecule has 0 saturated heterocycles. The van der Waals surface area contributed by atoms with Crippen LogP contribution in [0.4, 0.5) is 0 Å². The van der Waals surface area contributed by atoms with Gasteiger partial charge in [-0.3, -0.25) is 0 Å². The van der Waals surface area contributed by atoms with Gasteiger partial charge in [-0.25, -0.2) is 4.79 Å². The molecule has 0 radical (unpaired) electrons. The lowest BCUT2D eigenvalue weighted by molar-refractivity contribution is 0.0527. The SMILES string of the molecule is CCOC(=O)c1c(C)n(-c2ccc(C)cc2)c2ccc(OC[C@H](O)CNCCc3ccc(OC)c(OC)c3)cc12. The average molecular weight is 547 g/mol. The third-order valence-corrected chi connectivity index (χ3v) is 6.81. The maximum absolute atomic E-state index is 12.9. The van der Waals surface area contributed by atoms with E-state index in [1.807, 2.05) is 74.5 Å². The number of aryl methyl sites for hydroxylation is 1. The smallest absolute Gasteiger partial charge is 0.340 e. The molecule has 1 atom stereocenters. The van der Waals surface area contributed by atoms with Gasteiger partial charge in [0.2, 0.25) is 0 Å². The maximum atomic E-state index is 12.9. The van der Waals surface area contributed by atoms with E-state index in [2.05, 4.69) is 9.88 Å². The van der Waals surface area contributed by atoms with E-state index < -0.39 is 6.10 Å². The molecule has 0 aliphatic heterocycles. The van der Waals surface area contributed by atoms with Crippen LogP contribution in [0, 0.1) is 13.8 Å². The van der Waals surface area contributed by atoms with Gasteiger partial charge in [0.1, 0.15) is 18.5 Å². The Kier molecular flexibility index (Phi) is 9.69. The molecule has 0 fully saturated rings. The summed E-state index contributed by atoms with van der Waals surface area (Å²) in [6, 6.07) is 19.6. The zero-order valence-corrected chi connectivity index (χ0v) is 23.8. The second-order valence-corrected chi connectivity index (χ2v) is 9.64. The van der Waals surface area contributed by atoms with Crippen molar-refractivity contribution in [2.75, 3.05) is 40.5 Å². The summed E-state index contributed by atoms with van der Waals surface area (Å²) in [5, 5.41) is 14.5. The van der Waals surface area contributed by atoms with Crippen molar-refractivity contribution < 1.29 is 28.8 Å². The van der Waals surface area contributed by atoms with Crippen LogP contribution >= 0.6 is 0 Å². The van der Waals surface area contributed by atoms with Crippen LogP contribution in [-0.2, 0) is 11.2 Å². The van der Waals surface area contributed by atoms with E-state index in [9.17, 15) is 9.90 Å². The van der Waals surface area contributed by atoms with Crippen molar-refractivity contribution >= 4 is 16.9 Å². The molecule has 2 N–H and O–H groups in total. The van der Waals surface area contributed by atoms with Crippen molar-refractivity contribution in [3.05, 3.63) is 83.0 Å². The van der Waals surface area contributed by atoms with E-state index in [0.29, 0.717) is 35.9 Å². The molecular weight excluding hydrogens is 508 g/mol. The van der Waals surface area contributed by atoms with Crippen molar-refractivity contribution in [1.29, 1.82) is 0 Å². The van der Waals surface area contributed by atoms with E-state index in [0.717, 1.165) is 39.8 Å². The van der Waals surface area contributed by atoms with E-state index in [4.69, 9.17) is 18.9 Å². The minimum absolute atomic E-state index is 0.112. The predicted octanol–water partition coefficient (Wildman–Crippen LogP) is 5.01. The number of rotatable bonds is 13. The number of fused-ring (bicyclic) bond motifs is 1. The average Bonchev–Trinajstić information content (AvgIpc) is 3.25. The predicted molar refractivity (Wildman–Crippen MR) is 156 cm³/mol. The van der Waals surface area contributed by atoms with Crippen LogP contribution in [0.15, 0.2) is 60.7 Å². The van der Waals surface area contributed by atoms with Gasteiger partial charge < -0.3 is 33.9 Å². The van der Waals surface area contributed by atoms with E-state index in [1.165, 1.54) is 0 Å². The molecule has 8 nitrogen and oxygen atoms in total. The van der Waals surface area contributed by atoms with Crippen LogP contribution in [0.1, 0.15) is 34.1 Å². The number of ether oxygens (including phenoxy) is 4. The summed E-state index contributed by atoms with van der Waals surface area (Å²) in [6.45, 7) is 7.23. The second kappa shape index (κ2) is 13.4. The molecule has 40 heavy (non-hydrogen) atoms. The van der Waals surface area contributed by atoms with Crippen molar-refractivity contribution in [2.45, 2.75) is 33.3 Å². The van der Waals surface area contributed by atoms with Gasteiger partial charge in [0.05, 0.1) is 31.9 Å². The first kappa shape index (κ1) is 29.0. The zero-order chi connectivity index (χ0) is 28.6. The third-order valence-electron chi connectivity index (χ3n) is 6.81. The van der Waals surface area contributed by atoms with Crippen molar-refractivity contribution in [3.63, 3.8) is 0 Å². The fourth-order valence-corrected chi connectivity index (χ4v) is 4.76. The number of methoxy groups -OCH3 is 2. The number of hydrogen-bond acceptors (Lipinski definition) is 7. The highest BCUT2D eigenvalue weighted by Gasteiger charge is 2.22. The lowest BCUT2D eigenvalue weighted by Gasteiger charge is -2.14. The highest BCUT2D eigenvalue weighted by atomic mass is 16.5. The number of esters is 1. The molecule has 0 saturated carbocycles. The Morgan fingerprint density at radius 2 is 1.73 bits per heavy atom. The first-order valence-corrected chi connectivity index (χ1v) is 13.5. The van der Waals surface area contributed by atoms with Gasteiger partial charge in [-0.1, -0.05) is 23.8 Å². The Hall–Kier alpha value is -4.01. The topological polar surface area (TPSA) is 91.2 Å². The van der Waals surface area contributed by atoms with Crippen LogP contribution in [0.3, 0.4) is 0 Å². The summed E-state index contributed by atoms with van der Waals surface area (Å²) in [6.07, 6.45) is 0.0722. The number of carbonyl (C=O) groups is 1. The molecule has 1 heterocycles. The molecule has 0 unspecified atom stereocenters. The molecule has 1 aromatic heterocycles. The number of nitrogens with zero attached hydrogens (tertiary/aromatic N) is 1. The maximum Gasteiger partial charge on any atom is 0.340 e. The minimum atomic E-state index is -0.704. The largest absolute Gasteiger partial charge is 0.493 e. The van der Waals surface area contributed by atoms with Crippen molar-refractivity contribution in [2.24, 2.45) is 0 Å². The number of aliphatic hydroxyl groups is 1. The number of hydrogen-bond donors (Lipinski definition) is 2. The minimum Gasteiger partial charge on any atom is -0.493 e. The third kappa shape index (κ3) is 6.58. The normalized spacial score (nSPS) is 11.8. The van der Waals surface area contributed by atoms with Crippen LogP contribution in [-0.4, -0.2) is 62.3 Å². The molecular formula is C32H38N2O6. The van der Waals surface area contributed by atoms with Gasteiger partial charge in [-0.15, -0.1) is 0 Å². The number of nitrogens with one attached hydrogen (secondary N) is 1. The first-order chi connectivity index (χ1) is 19.4. The lowest BCUT2D eigenvalue weighted by atomic mass is 10.1. The quantitative estimate of drug-likeness (QED) is 0.180. The molecule has 212 valence electrons. The fourth-order valence-electron chi connectivity index (χ4n) is 4.76. The Labute approximate surface area is 235 Å². The van der Waals surface area contributed by atoms with Crippen molar-refractivity contribution in [3.8, 4) is 22.9 Å². The molecule has 0 bridgehead atoms. The molecule has 3 aromatic carbocycles. The highest BCUT2D eigenvalue weighted by Crippen LogP contribution is 2.33. The van der Waals surface area contributed by atoms with Gasteiger partial charge in [-0.05, 0) is 81.8 Å². The Morgan fingerprint density at radius 1 is 0.975 bits per heavy atom. The molecule has 4 aromatic rings. The molecule has 0 spiro atoms. The number of benzene rings is 3. The Balaban J connectivity index is 1.41. The van der Waals surface area contributed by atoms with Crippen LogP contribution < -0.4 is 19.5 Å². The Bertz CT molecular complexity index is 1440. The summed E-state index contributed by atoms with van der Waals surface area (Å²) >= 11 is 0. The molecule has 0 aliphatic rings.